The van der Waals surface area contributed by atoms with Crippen molar-refractivity contribution in [3.63, 3.8) is 0 Å². The zero-order valence-electron chi connectivity index (χ0n) is 10.4. The second kappa shape index (κ2) is 5.12. The van der Waals surface area contributed by atoms with Gasteiger partial charge >= 0.3 is 0 Å². The van der Waals surface area contributed by atoms with Gasteiger partial charge in [0.05, 0.1) is 17.7 Å². The van der Waals surface area contributed by atoms with E-state index in [-0.39, 0.29) is 23.8 Å². The SMILES string of the molecule is CC(C)n1ccc(CC(=O)c2ccccc2F)n1. The molecule has 0 aliphatic rings. The molecule has 0 saturated carbocycles. The summed E-state index contributed by atoms with van der Waals surface area (Å²) in [4.78, 5) is 11.9. The smallest absolute Gasteiger partial charge is 0.171 e. The quantitative estimate of drug-likeness (QED) is 0.777. The maximum absolute atomic E-state index is 13.4. The van der Waals surface area contributed by atoms with Crippen molar-refractivity contribution in [3.05, 3.63) is 53.6 Å². The van der Waals surface area contributed by atoms with E-state index in [9.17, 15) is 9.18 Å². The average molecular weight is 246 g/mol. The summed E-state index contributed by atoms with van der Waals surface area (Å²) in [7, 11) is 0. The number of ketones is 1. The van der Waals surface area contributed by atoms with Crippen LogP contribution < -0.4 is 0 Å². The van der Waals surface area contributed by atoms with Crippen molar-refractivity contribution in [1.82, 2.24) is 9.78 Å². The number of aromatic nitrogens is 2. The number of carbonyl (C=O) groups excluding carboxylic acids is 1. The minimum atomic E-state index is -0.481. The van der Waals surface area contributed by atoms with Gasteiger partial charge in [-0.2, -0.15) is 5.10 Å². The van der Waals surface area contributed by atoms with Gasteiger partial charge < -0.3 is 0 Å². The lowest BCUT2D eigenvalue weighted by Gasteiger charge is -2.04. The van der Waals surface area contributed by atoms with Crippen LogP contribution in [-0.4, -0.2) is 15.6 Å². The molecule has 2 aromatic rings. The van der Waals surface area contributed by atoms with Crippen LogP contribution in [0.3, 0.4) is 0 Å². The topological polar surface area (TPSA) is 34.9 Å². The van der Waals surface area contributed by atoms with Gasteiger partial charge in [0.2, 0.25) is 0 Å². The Hall–Kier alpha value is -1.97. The standard InChI is InChI=1S/C14H15FN2O/c1-10(2)17-8-7-11(16-17)9-14(18)12-5-3-4-6-13(12)15/h3-8,10H,9H2,1-2H3. The van der Waals surface area contributed by atoms with Crippen LogP contribution in [-0.2, 0) is 6.42 Å². The van der Waals surface area contributed by atoms with Crippen molar-refractivity contribution in [1.29, 1.82) is 0 Å². The highest BCUT2D eigenvalue weighted by Crippen LogP contribution is 2.11. The van der Waals surface area contributed by atoms with E-state index in [1.54, 1.807) is 22.9 Å². The Morgan fingerprint density at radius 3 is 2.67 bits per heavy atom. The molecule has 0 atom stereocenters. The Morgan fingerprint density at radius 1 is 1.33 bits per heavy atom. The Balaban J connectivity index is 2.14. The lowest BCUT2D eigenvalue weighted by molar-refractivity contribution is 0.0988. The second-order valence-electron chi connectivity index (χ2n) is 4.46. The lowest BCUT2D eigenvalue weighted by Crippen LogP contribution is -2.08. The molecule has 0 bridgehead atoms. The van der Waals surface area contributed by atoms with Crippen molar-refractivity contribution in [2.24, 2.45) is 0 Å². The van der Waals surface area contributed by atoms with Crippen LogP contribution >= 0.6 is 0 Å². The lowest BCUT2D eigenvalue weighted by atomic mass is 10.1. The summed E-state index contributed by atoms with van der Waals surface area (Å²) in [6.45, 7) is 4.02. The summed E-state index contributed by atoms with van der Waals surface area (Å²) in [5.74, 6) is -0.729. The van der Waals surface area contributed by atoms with E-state index in [1.165, 1.54) is 12.1 Å². The molecule has 1 heterocycles. The summed E-state index contributed by atoms with van der Waals surface area (Å²) in [6.07, 6.45) is 1.95. The number of nitrogens with zero attached hydrogens (tertiary/aromatic N) is 2. The first-order valence-electron chi connectivity index (χ1n) is 5.89. The molecule has 0 N–H and O–H groups in total. The summed E-state index contributed by atoms with van der Waals surface area (Å²) >= 11 is 0. The van der Waals surface area contributed by atoms with Crippen molar-refractivity contribution in [2.75, 3.05) is 0 Å². The molecule has 0 radical (unpaired) electrons. The van der Waals surface area contributed by atoms with Crippen molar-refractivity contribution in [3.8, 4) is 0 Å². The molecule has 1 aromatic heterocycles. The molecule has 0 fully saturated rings. The average Bonchev–Trinajstić information content (AvgIpc) is 2.78. The first-order chi connectivity index (χ1) is 8.58. The van der Waals surface area contributed by atoms with Gasteiger partial charge in [-0.25, -0.2) is 4.39 Å². The molecule has 1 aromatic carbocycles. The van der Waals surface area contributed by atoms with Gasteiger partial charge in [0, 0.05) is 12.2 Å². The van der Waals surface area contributed by atoms with E-state index in [2.05, 4.69) is 5.10 Å². The Kier molecular flexibility index (Phi) is 3.55. The van der Waals surface area contributed by atoms with E-state index >= 15 is 0 Å². The van der Waals surface area contributed by atoms with Crippen LogP contribution in [0.25, 0.3) is 0 Å². The fourth-order valence-corrected chi connectivity index (χ4v) is 1.71. The van der Waals surface area contributed by atoms with Crippen LogP contribution in [0.4, 0.5) is 4.39 Å². The van der Waals surface area contributed by atoms with Gasteiger partial charge in [-0.1, -0.05) is 12.1 Å². The van der Waals surface area contributed by atoms with E-state index in [0.29, 0.717) is 5.69 Å². The minimum Gasteiger partial charge on any atom is -0.294 e. The monoisotopic (exact) mass is 246 g/mol. The number of benzene rings is 1. The van der Waals surface area contributed by atoms with Gasteiger partial charge in [-0.3, -0.25) is 9.48 Å². The minimum absolute atomic E-state index is 0.122. The predicted molar refractivity (Wildman–Crippen MR) is 67.0 cm³/mol. The highest BCUT2D eigenvalue weighted by Gasteiger charge is 2.13. The molecule has 0 spiro atoms. The Bertz CT molecular complexity index is 560. The van der Waals surface area contributed by atoms with Crippen LogP contribution in [0.2, 0.25) is 0 Å². The molecular formula is C14H15FN2O. The molecule has 0 saturated heterocycles. The molecule has 94 valence electrons. The van der Waals surface area contributed by atoms with Crippen LogP contribution in [0.15, 0.2) is 36.5 Å². The predicted octanol–water partition coefficient (Wildman–Crippen LogP) is 3.03. The third-order valence-corrected chi connectivity index (χ3v) is 2.71. The number of rotatable bonds is 4. The Labute approximate surface area is 105 Å². The van der Waals surface area contributed by atoms with Crippen LogP contribution in [0.1, 0.15) is 35.9 Å². The molecule has 3 nitrogen and oxygen atoms in total. The summed E-state index contributed by atoms with van der Waals surface area (Å²) in [5.41, 5.74) is 0.786. The summed E-state index contributed by atoms with van der Waals surface area (Å²) in [5, 5.41) is 4.28. The van der Waals surface area contributed by atoms with Crippen LogP contribution in [0.5, 0.6) is 0 Å². The third-order valence-electron chi connectivity index (χ3n) is 2.71. The number of halogens is 1. The highest BCUT2D eigenvalue weighted by molar-refractivity contribution is 5.97. The fourth-order valence-electron chi connectivity index (χ4n) is 1.71. The maximum atomic E-state index is 13.4. The number of hydrogen-bond donors (Lipinski definition) is 0. The zero-order valence-corrected chi connectivity index (χ0v) is 10.4. The molecule has 18 heavy (non-hydrogen) atoms. The first kappa shape index (κ1) is 12.5. The summed E-state index contributed by atoms with van der Waals surface area (Å²) < 4.78 is 15.2. The second-order valence-corrected chi connectivity index (χ2v) is 4.46. The fraction of sp³-hybridized carbons (Fsp3) is 0.286. The number of hydrogen-bond acceptors (Lipinski definition) is 2. The summed E-state index contributed by atoms with van der Waals surface area (Å²) in [6, 6.07) is 8.06. The van der Waals surface area contributed by atoms with Crippen molar-refractivity contribution < 1.29 is 9.18 Å². The Morgan fingerprint density at radius 2 is 2.06 bits per heavy atom. The highest BCUT2D eigenvalue weighted by atomic mass is 19.1. The third kappa shape index (κ3) is 2.64. The molecule has 4 heteroatoms. The molecule has 0 amide bonds. The number of Topliss-reactive ketones (excluding diaryl/α,β-unsaturated/α-hetero) is 1. The largest absolute Gasteiger partial charge is 0.294 e. The molecule has 0 aliphatic carbocycles. The first-order valence-corrected chi connectivity index (χ1v) is 5.89. The van der Waals surface area contributed by atoms with Crippen molar-refractivity contribution in [2.45, 2.75) is 26.3 Å². The van der Waals surface area contributed by atoms with E-state index < -0.39 is 5.82 Å². The van der Waals surface area contributed by atoms with E-state index in [0.717, 1.165) is 0 Å². The normalized spacial score (nSPS) is 10.9. The van der Waals surface area contributed by atoms with E-state index in [1.807, 2.05) is 20.0 Å². The van der Waals surface area contributed by atoms with Gasteiger partial charge in [-0.15, -0.1) is 0 Å². The van der Waals surface area contributed by atoms with Gasteiger partial charge in [0.1, 0.15) is 5.82 Å². The van der Waals surface area contributed by atoms with Crippen LogP contribution in [0, 0.1) is 5.82 Å². The molecule has 2 rings (SSSR count). The zero-order chi connectivity index (χ0) is 13.1. The molecule has 0 aliphatic heterocycles. The van der Waals surface area contributed by atoms with Gasteiger partial charge in [-0.05, 0) is 32.0 Å². The van der Waals surface area contributed by atoms with Crippen molar-refractivity contribution >= 4 is 5.78 Å². The maximum Gasteiger partial charge on any atom is 0.171 e. The van der Waals surface area contributed by atoms with Gasteiger partial charge in [0.15, 0.2) is 5.78 Å². The number of carbonyl (C=O) groups is 1. The van der Waals surface area contributed by atoms with E-state index in [4.69, 9.17) is 0 Å². The molecule has 0 unspecified atom stereocenters. The van der Waals surface area contributed by atoms with Gasteiger partial charge in [0.25, 0.3) is 0 Å². The molecular weight excluding hydrogens is 231 g/mol.